The molecule has 0 saturated carbocycles. The molecule has 1 heterocycles. The summed E-state index contributed by atoms with van der Waals surface area (Å²) in [7, 11) is 3.16. The first-order chi connectivity index (χ1) is 11.2. The Morgan fingerprint density at radius 2 is 1.91 bits per heavy atom. The standard InChI is InChI=1S/C17H21N3O3/c1-12(13-7-9-18-10-8-13)20-17(21)19-11-14-5-4-6-15(22-2)16(14)23-3/h4-10,12H,11H2,1-3H3,(H2,19,20,21). The van der Waals surface area contributed by atoms with Crippen LogP contribution in [-0.4, -0.2) is 25.2 Å². The minimum atomic E-state index is -0.251. The predicted molar refractivity (Wildman–Crippen MR) is 87.6 cm³/mol. The van der Waals surface area contributed by atoms with Gasteiger partial charge in [-0.25, -0.2) is 4.79 Å². The Bertz CT molecular complexity index is 647. The van der Waals surface area contributed by atoms with E-state index in [2.05, 4.69) is 15.6 Å². The van der Waals surface area contributed by atoms with E-state index in [1.165, 1.54) is 0 Å². The van der Waals surface area contributed by atoms with Crippen LogP contribution >= 0.6 is 0 Å². The van der Waals surface area contributed by atoms with Gasteiger partial charge in [-0.15, -0.1) is 0 Å². The minimum Gasteiger partial charge on any atom is -0.493 e. The van der Waals surface area contributed by atoms with Gasteiger partial charge in [0.25, 0.3) is 0 Å². The Kier molecular flexibility index (Phi) is 5.80. The summed E-state index contributed by atoms with van der Waals surface area (Å²) in [4.78, 5) is 16.0. The Balaban J connectivity index is 1.95. The fraction of sp³-hybridized carbons (Fsp3) is 0.294. The van der Waals surface area contributed by atoms with E-state index in [0.717, 1.165) is 11.1 Å². The Morgan fingerprint density at radius 1 is 1.17 bits per heavy atom. The molecule has 0 aliphatic carbocycles. The number of carbonyl (C=O) groups excluding carboxylic acids is 1. The van der Waals surface area contributed by atoms with Crippen LogP contribution in [0.2, 0.25) is 0 Å². The smallest absolute Gasteiger partial charge is 0.315 e. The van der Waals surface area contributed by atoms with Crippen LogP contribution in [0.5, 0.6) is 11.5 Å². The van der Waals surface area contributed by atoms with E-state index in [4.69, 9.17) is 9.47 Å². The quantitative estimate of drug-likeness (QED) is 0.859. The molecule has 2 rings (SSSR count). The van der Waals surface area contributed by atoms with E-state index in [9.17, 15) is 4.79 Å². The van der Waals surface area contributed by atoms with Crippen molar-refractivity contribution in [2.75, 3.05) is 14.2 Å². The highest BCUT2D eigenvalue weighted by molar-refractivity contribution is 5.74. The van der Waals surface area contributed by atoms with Crippen molar-refractivity contribution in [2.24, 2.45) is 0 Å². The maximum Gasteiger partial charge on any atom is 0.315 e. The molecule has 6 nitrogen and oxygen atoms in total. The Hall–Kier alpha value is -2.76. The summed E-state index contributed by atoms with van der Waals surface area (Å²) in [6, 6.07) is 8.94. The van der Waals surface area contributed by atoms with Crippen LogP contribution < -0.4 is 20.1 Å². The van der Waals surface area contributed by atoms with Crippen molar-refractivity contribution in [1.82, 2.24) is 15.6 Å². The second-order valence-corrected chi connectivity index (χ2v) is 4.98. The van der Waals surface area contributed by atoms with Gasteiger partial charge in [-0.3, -0.25) is 4.98 Å². The van der Waals surface area contributed by atoms with Gasteiger partial charge in [-0.2, -0.15) is 0 Å². The van der Waals surface area contributed by atoms with Gasteiger partial charge in [0.05, 0.1) is 20.3 Å². The van der Waals surface area contributed by atoms with Crippen molar-refractivity contribution in [2.45, 2.75) is 19.5 Å². The molecule has 122 valence electrons. The Labute approximate surface area is 135 Å². The summed E-state index contributed by atoms with van der Waals surface area (Å²) in [5, 5.41) is 5.71. The van der Waals surface area contributed by atoms with Crippen molar-refractivity contribution in [1.29, 1.82) is 0 Å². The molecule has 2 amide bonds. The lowest BCUT2D eigenvalue weighted by molar-refractivity contribution is 0.237. The topological polar surface area (TPSA) is 72.5 Å². The van der Waals surface area contributed by atoms with Crippen molar-refractivity contribution in [3.63, 3.8) is 0 Å². The van der Waals surface area contributed by atoms with Crippen LogP contribution in [0, 0.1) is 0 Å². The van der Waals surface area contributed by atoms with Crippen molar-refractivity contribution >= 4 is 6.03 Å². The Morgan fingerprint density at radius 3 is 2.57 bits per heavy atom. The molecular weight excluding hydrogens is 294 g/mol. The molecule has 0 aliphatic heterocycles. The molecule has 0 saturated heterocycles. The van der Waals surface area contributed by atoms with E-state index < -0.39 is 0 Å². The first-order valence-corrected chi connectivity index (χ1v) is 7.30. The molecule has 0 fully saturated rings. The minimum absolute atomic E-state index is 0.106. The predicted octanol–water partition coefficient (Wildman–Crippen LogP) is 2.66. The SMILES string of the molecule is COc1cccc(CNC(=O)NC(C)c2ccncc2)c1OC. The first-order valence-electron chi connectivity index (χ1n) is 7.30. The molecule has 23 heavy (non-hydrogen) atoms. The third-order valence-corrected chi connectivity index (χ3v) is 3.48. The summed E-state index contributed by atoms with van der Waals surface area (Å²) in [5.74, 6) is 1.26. The number of nitrogens with one attached hydrogen (secondary N) is 2. The second kappa shape index (κ2) is 8.03. The number of amides is 2. The number of para-hydroxylation sites is 1. The molecule has 0 radical (unpaired) electrons. The van der Waals surface area contributed by atoms with E-state index in [1.807, 2.05) is 37.3 Å². The van der Waals surface area contributed by atoms with Gasteiger partial charge >= 0.3 is 6.03 Å². The molecule has 1 unspecified atom stereocenters. The highest BCUT2D eigenvalue weighted by Crippen LogP contribution is 2.30. The molecule has 2 aromatic rings. The van der Waals surface area contributed by atoms with Gasteiger partial charge < -0.3 is 20.1 Å². The van der Waals surface area contributed by atoms with E-state index in [1.54, 1.807) is 26.6 Å². The maximum absolute atomic E-state index is 12.0. The summed E-state index contributed by atoms with van der Waals surface area (Å²) < 4.78 is 10.6. The van der Waals surface area contributed by atoms with Gasteiger partial charge in [0.1, 0.15) is 0 Å². The van der Waals surface area contributed by atoms with Crippen molar-refractivity contribution in [3.05, 3.63) is 53.9 Å². The number of ether oxygens (including phenoxy) is 2. The van der Waals surface area contributed by atoms with Gasteiger partial charge in [0.15, 0.2) is 11.5 Å². The molecule has 2 N–H and O–H groups in total. The van der Waals surface area contributed by atoms with E-state index in [-0.39, 0.29) is 12.1 Å². The average molecular weight is 315 g/mol. The third kappa shape index (κ3) is 4.35. The van der Waals surface area contributed by atoms with Gasteiger partial charge in [-0.05, 0) is 30.7 Å². The molecule has 6 heteroatoms. The summed E-state index contributed by atoms with van der Waals surface area (Å²) >= 11 is 0. The fourth-order valence-electron chi connectivity index (χ4n) is 2.25. The second-order valence-electron chi connectivity index (χ2n) is 4.98. The summed E-state index contributed by atoms with van der Waals surface area (Å²) in [5.41, 5.74) is 1.84. The number of rotatable bonds is 6. The number of hydrogen-bond donors (Lipinski definition) is 2. The number of methoxy groups -OCH3 is 2. The van der Waals surface area contributed by atoms with Crippen LogP contribution in [0.1, 0.15) is 24.1 Å². The highest BCUT2D eigenvalue weighted by atomic mass is 16.5. The number of carbonyl (C=O) groups is 1. The maximum atomic E-state index is 12.0. The molecule has 1 aromatic carbocycles. The van der Waals surface area contributed by atoms with Crippen molar-refractivity contribution < 1.29 is 14.3 Å². The molecule has 1 aromatic heterocycles. The molecule has 0 bridgehead atoms. The summed E-state index contributed by atoms with van der Waals surface area (Å²) in [6.45, 7) is 2.26. The average Bonchev–Trinajstić information content (AvgIpc) is 2.60. The number of urea groups is 1. The lowest BCUT2D eigenvalue weighted by Gasteiger charge is -2.16. The molecular formula is C17H21N3O3. The number of pyridine rings is 1. The van der Waals surface area contributed by atoms with Crippen LogP contribution in [0.25, 0.3) is 0 Å². The molecule has 0 spiro atoms. The van der Waals surface area contributed by atoms with Crippen LogP contribution in [-0.2, 0) is 6.54 Å². The van der Waals surface area contributed by atoms with E-state index in [0.29, 0.717) is 18.0 Å². The zero-order valence-electron chi connectivity index (χ0n) is 13.5. The lowest BCUT2D eigenvalue weighted by atomic mass is 10.1. The van der Waals surface area contributed by atoms with Crippen LogP contribution in [0.15, 0.2) is 42.7 Å². The number of aromatic nitrogens is 1. The fourth-order valence-corrected chi connectivity index (χ4v) is 2.25. The third-order valence-electron chi connectivity index (χ3n) is 3.48. The van der Waals surface area contributed by atoms with Gasteiger partial charge in [-0.1, -0.05) is 12.1 Å². The lowest BCUT2D eigenvalue weighted by Crippen LogP contribution is -2.36. The zero-order valence-corrected chi connectivity index (χ0v) is 13.5. The highest BCUT2D eigenvalue weighted by Gasteiger charge is 2.12. The number of nitrogens with zero attached hydrogens (tertiary/aromatic N) is 1. The van der Waals surface area contributed by atoms with Crippen LogP contribution in [0.4, 0.5) is 4.79 Å². The largest absolute Gasteiger partial charge is 0.493 e. The van der Waals surface area contributed by atoms with Gasteiger partial charge in [0, 0.05) is 24.5 Å². The normalized spacial score (nSPS) is 11.4. The summed E-state index contributed by atoms with van der Waals surface area (Å²) in [6.07, 6.45) is 3.40. The van der Waals surface area contributed by atoms with Crippen LogP contribution in [0.3, 0.4) is 0 Å². The molecule has 1 atom stereocenters. The van der Waals surface area contributed by atoms with E-state index >= 15 is 0 Å². The number of hydrogen-bond acceptors (Lipinski definition) is 4. The monoisotopic (exact) mass is 315 g/mol. The number of benzene rings is 1. The zero-order chi connectivity index (χ0) is 16.7. The molecule has 0 aliphatic rings. The van der Waals surface area contributed by atoms with Gasteiger partial charge in [0.2, 0.25) is 0 Å². The first kappa shape index (κ1) is 16.6. The van der Waals surface area contributed by atoms with Crippen molar-refractivity contribution in [3.8, 4) is 11.5 Å².